The predicted octanol–water partition coefficient (Wildman–Crippen LogP) is 1.27. The van der Waals surface area contributed by atoms with E-state index in [9.17, 15) is 9.59 Å². The number of carbonyl (C=O) groups is 2. The zero-order valence-corrected chi connectivity index (χ0v) is 11.0. The van der Waals surface area contributed by atoms with Crippen LogP contribution in [0.2, 0.25) is 0 Å². The molecule has 0 bridgehead atoms. The van der Waals surface area contributed by atoms with Gasteiger partial charge in [0.1, 0.15) is 11.5 Å². The van der Waals surface area contributed by atoms with Gasteiger partial charge in [-0.15, -0.1) is 0 Å². The minimum absolute atomic E-state index is 0.0370. The molecule has 0 aromatic carbocycles. The Hall–Kier alpha value is -1.62. The highest BCUT2D eigenvalue weighted by Gasteiger charge is 2.51. The van der Waals surface area contributed by atoms with Crippen LogP contribution < -0.4 is 5.73 Å². The molecule has 2 aliphatic rings. The van der Waals surface area contributed by atoms with Crippen LogP contribution in [0.1, 0.15) is 31.3 Å². The molecule has 1 aliphatic carbocycles. The quantitative estimate of drug-likeness (QED) is 0.832. The first kappa shape index (κ1) is 12.4. The van der Waals surface area contributed by atoms with Crippen LogP contribution >= 0.6 is 0 Å². The summed E-state index contributed by atoms with van der Waals surface area (Å²) in [6.07, 6.45) is 1.66. The smallest absolute Gasteiger partial charge is 0.233 e. The molecule has 2 N–H and O–H groups in total. The number of nitrogens with two attached hydrogens (primary N) is 1. The highest BCUT2D eigenvalue weighted by atomic mass is 16.3. The van der Waals surface area contributed by atoms with E-state index in [4.69, 9.17) is 10.2 Å². The molecule has 2 heterocycles. The molecule has 1 aromatic rings. The molecule has 2 amide bonds. The van der Waals surface area contributed by atoms with Gasteiger partial charge in [0.25, 0.3) is 0 Å². The van der Waals surface area contributed by atoms with Crippen LogP contribution in [0.25, 0.3) is 0 Å². The maximum atomic E-state index is 12.3. The normalized spacial score (nSPS) is 30.2. The van der Waals surface area contributed by atoms with Crippen LogP contribution in [0.15, 0.2) is 16.5 Å². The van der Waals surface area contributed by atoms with Crippen LogP contribution in [0.5, 0.6) is 0 Å². The molecule has 2 unspecified atom stereocenters. The summed E-state index contributed by atoms with van der Waals surface area (Å²) in [5.41, 5.74) is 5.47. The number of carbonyl (C=O) groups excluding carboxylic acids is 2. The molecule has 1 aromatic heterocycles. The van der Waals surface area contributed by atoms with Crippen LogP contribution in [0.3, 0.4) is 0 Å². The van der Waals surface area contributed by atoms with Crippen molar-refractivity contribution in [3.05, 3.63) is 23.7 Å². The molecular formula is C14H18N2O3. The average Bonchev–Trinajstić information content (AvgIpc) is 3.04. The Bertz CT molecular complexity index is 499. The van der Waals surface area contributed by atoms with E-state index in [1.54, 1.807) is 12.1 Å². The number of nitrogens with zero attached hydrogens (tertiary/aromatic N) is 1. The molecule has 0 radical (unpaired) electrons. The second-order valence-electron chi connectivity index (χ2n) is 5.62. The lowest BCUT2D eigenvalue weighted by atomic mass is 10.00. The zero-order valence-electron chi connectivity index (χ0n) is 11.0. The summed E-state index contributed by atoms with van der Waals surface area (Å²) in [4.78, 5) is 25.9. The van der Waals surface area contributed by atoms with Gasteiger partial charge in [-0.05, 0) is 30.9 Å². The van der Waals surface area contributed by atoms with E-state index in [-0.39, 0.29) is 30.2 Å². The van der Waals surface area contributed by atoms with E-state index >= 15 is 0 Å². The zero-order chi connectivity index (χ0) is 13.6. The topological polar surface area (TPSA) is 76.5 Å². The van der Waals surface area contributed by atoms with E-state index in [2.05, 4.69) is 6.92 Å². The molecule has 0 spiro atoms. The van der Waals surface area contributed by atoms with Crippen molar-refractivity contribution in [1.82, 2.24) is 4.90 Å². The standard InChI is InChI=1S/C14H18N2O3/c1-8-4-11-12(5-8)14(18)16(13(11)17)7-10-3-2-9(6-15)19-10/h2-3,8,11-12H,4-7,15H2,1H3. The van der Waals surface area contributed by atoms with Crippen molar-refractivity contribution in [2.45, 2.75) is 32.9 Å². The van der Waals surface area contributed by atoms with Crippen LogP contribution in [0.4, 0.5) is 0 Å². The summed E-state index contributed by atoms with van der Waals surface area (Å²) in [7, 11) is 0. The fourth-order valence-corrected chi connectivity index (χ4v) is 3.28. The Kier molecular flexibility index (Phi) is 2.93. The molecule has 1 saturated carbocycles. The number of fused-ring (bicyclic) bond motifs is 1. The maximum absolute atomic E-state index is 12.3. The summed E-state index contributed by atoms with van der Waals surface area (Å²) < 4.78 is 5.46. The van der Waals surface area contributed by atoms with Gasteiger partial charge in [-0.3, -0.25) is 14.5 Å². The Balaban J connectivity index is 1.76. The van der Waals surface area contributed by atoms with Crippen molar-refractivity contribution >= 4 is 11.8 Å². The summed E-state index contributed by atoms with van der Waals surface area (Å²) in [5.74, 6) is 1.48. The predicted molar refractivity (Wildman–Crippen MR) is 67.5 cm³/mol. The van der Waals surface area contributed by atoms with Gasteiger partial charge < -0.3 is 10.2 Å². The second-order valence-corrected chi connectivity index (χ2v) is 5.62. The Labute approximate surface area is 111 Å². The summed E-state index contributed by atoms with van der Waals surface area (Å²) in [6.45, 7) is 2.66. The molecule has 3 rings (SSSR count). The van der Waals surface area contributed by atoms with Crippen LogP contribution in [0, 0.1) is 17.8 Å². The van der Waals surface area contributed by atoms with Crippen LogP contribution in [-0.4, -0.2) is 16.7 Å². The van der Waals surface area contributed by atoms with Gasteiger partial charge in [0.15, 0.2) is 0 Å². The molecular weight excluding hydrogens is 244 g/mol. The number of hydrogen-bond donors (Lipinski definition) is 1. The minimum Gasteiger partial charge on any atom is -0.463 e. The number of furan rings is 1. The third kappa shape index (κ3) is 1.98. The highest BCUT2D eigenvalue weighted by Crippen LogP contribution is 2.43. The molecule has 1 aliphatic heterocycles. The monoisotopic (exact) mass is 262 g/mol. The lowest BCUT2D eigenvalue weighted by Crippen LogP contribution is -2.31. The van der Waals surface area contributed by atoms with Crippen molar-refractivity contribution < 1.29 is 14.0 Å². The Morgan fingerprint density at radius 2 is 1.79 bits per heavy atom. The van der Waals surface area contributed by atoms with Gasteiger partial charge in [-0.2, -0.15) is 0 Å². The molecule has 2 atom stereocenters. The van der Waals surface area contributed by atoms with E-state index < -0.39 is 0 Å². The summed E-state index contributed by atoms with van der Waals surface area (Å²) in [6, 6.07) is 3.56. The van der Waals surface area contributed by atoms with Crippen molar-refractivity contribution in [2.24, 2.45) is 23.5 Å². The van der Waals surface area contributed by atoms with E-state index in [0.29, 0.717) is 24.0 Å². The van der Waals surface area contributed by atoms with Crippen molar-refractivity contribution in [3.8, 4) is 0 Å². The SMILES string of the molecule is CC1CC2C(=O)N(Cc3ccc(CN)o3)C(=O)C2C1. The van der Waals surface area contributed by atoms with Gasteiger partial charge in [0.2, 0.25) is 11.8 Å². The minimum atomic E-state index is -0.105. The van der Waals surface area contributed by atoms with Crippen molar-refractivity contribution in [1.29, 1.82) is 0 Å². The molecule has 102 valence electrons. The van der Waals surface area contributed by atoms with Crippen molar-refractivity contribution in [3.63, 3.8) is 0 Å². The summed E-state index contributed by atoms with van der Waals surface area (Å²) >= 11 is 0. The third-order valence-corrected chi connectivity index (χ3v) is 4.20. The average molecular weight is 262 g/mol. The molecule has 1 saturated heterocycles. The van der Waals surface area contributed by atoms with Crippen LogP contribution in [-0.2, 0) is 22.7 Å². The summed E-state index contributed by atoms with van der Waals surface area (Å²) in [5, 5.41) is 0. The molecule has 19 heavy (non-hydrogen) atoms. The second kappa shape index (κ2) is 4.49. The Morgan fingerprint density at radius 3 is 2.32 bits per heavy atom. The van der Waals surface area contributed by atoms with E-state index in [0.717, 1.165) is 12.8 Å². The fourth-order valence-electron chi connectivity index (χ4n) is 3.28. The number of rotatable bonds is 3. The van der Waals surface area contributed by atoms with E-state index in [1.165, 1.54) is 4.90 Å². The van der Waals surface area contributed by atoms with E-state index in [1.807, 2.05) is 0 Å². The number of imide groups is 1. The molecule has 5 nitrogen and oxygen atoms in total. The fraction of sp³-hybridized carbons (Fsp3) is 0.571. The largest absolute Gasteiger partial charge is 0.463 e. The first-order valence-corrected chi connectivity index (χ1v) is 6.73. The van der Waals surface area contributed by atoms with Gasteiger partial charge in [-0.1, -0.05) is 6.92 Å². The van der Waals surface area contributed by atoms with Gasteiger partial charge in [0, 0.05) is 0 Å². The first-order valence-electron chi connectivity index (χ1n) is 6.73. The lowest BCUT2D eigenvalue weighted by molar-refractivity contribution is -0.141. The van der Waals surface area contributed by atoms with Gasteiger partial charge in [-0.25, -0.2) is 0 Å². The van der Waals surface area contributed by atoms with Crippen molar-refractivity contribution in [2.75, 3.05) is 0 Å². The number of amides is 2. The van der Waals surface area contributed by atoms with Gasteiger partial charge >= 0.3 is 0 Å². The third-order valence-electron chi connectivity index (χ3n) is 4.20. The molecule has 2 fully saturated rings. The Morgan fingerprint density at radius 1 is 1.21 bits per heavy atom. The lowest BCUT2D eigenvalue weighted by Gasteiger charge is -2.15. The number of likely N-dealkylation sites (tertiary alicyclic amines) is 1. The number of hydrogen-bond acceptors (Lipinski definition) is 4. The maximum Gasteiger partial charge on any atom is 0.233 e. The highest BCUT2D eigenvalue weighted by molar-refractivity contribution is 6.05. The van der Waals surface area contributed by atoms with Gasteiger partial charge in [0.05, 0.1) is 24.9 Å². The molecule has 5 heteroatoms. The first-order chi connectivity index (χ1) is 9.10.